The average Bonchev–Trinajstić information content (AvgIpc) is 2.62. The Hall–Kier alpha value is -1.28. The van der Waals surface area contributed by atoms with E-state index in [0.29, 0.717) is 0 Å². The van der Waals surface area contributed by atoms with E-state index in [1.165, 1.54) is 69.2 Å². The molecular formula is C21H31NO. The molecule has 1 aliphatic carbocycles. The van der Waals surface area contributed by atoms with Crippen LogP contribution in [-0.2, 0) is 12.8 Å². The number of nitrogens with zero attached hydrogens (tertiary/aromatic N) is 1. The van der Waals surface area contributed by atoms with E-state index in [-0.39, 0.29) is 0 Å². The maximum atomic E-state index is 5.59. The van der Waals surface area contributed by atoms with Gasteiger partial charge >= 0.3 is 0 Å². The minimum atomic E-state index is 1.09. The van der Waals surface area contributed by atoms with Crippen LogP contribution in [0.15, 0.2) is 17.7 Å². The van der Waals surface area contributed by atoms with Gasteiger partial charge in [-0.2, -0.15) is 0 Å². The van der Waals surface area contributed by atoms with Gasteiger partial charge in [0.15, 0.2) is 0 Å². The van der Waals surface area contributed by atoms with Crippen LogP contribution in [0.5, 0.6) is 5.75 Å². The van der Waals surface area contributed by atoms with Gasteiger partial charge in [0.1, 0.15) is 5.75 Å². The van der Waals surface area contributed by atoms with Gasteiger partial charge < -0.3 is 4.74 Å². The highest BCUT2D eigenvalue weighted by Gasteiger charge is 2.17. The second kappa shape index (κ2) is 8.01. The molecule has 1 saturated heterocycles. The smallest absolute Gasteiger partial charge is 0.122 e. The summed E-state index contributed by atoms with van der Waals surface area (Å²) in [7, 11) is 1.80. The fraction of sp³-hybridized carbons (Fsp3) is 0.619. The number of methoxy groups -OCH3 is 1. The molecule has 1 heterocycles. The Morgan fingerprint density at radius 3 is 2.48 bits per heavy atom. The first-order chi connectivity index (χ1) is 11.3. The Morgan fingerprint density at radius 2 is 1.78 bits per heavy atom. The fourth-order valence-electron chi connectivity index (χ4n) is 4.07. The molecule has 2 nitrogen and oxygen atoms in total. The fourth-order valence-corrected chi connectivity index (χ4v) is 4.07. The van der Waals surface area contributed by atoms with E-state index in [1.54, 1.807) is 18.2 Å². The Balaban J connectivity index is 1.84. The number of piperidine rings is 1. The number of hydrogen-bond acceptors (Lipinski definition) is 2. The van der Waals surface area contributed by atoms with Crippen molar-refractivity contribution in [2.75, 3.05) is 26.7 Å². The molecular weight excluding hydrogens is 282 g/mol. The van der Waals surface area contributed by atoms with Gasteiger partial charge in [-0.25, -0.2) is 0 Å². The van der Waals surface area contributed by atoms with E-state index < -0.39 is 0 Å². The van der Waals surface area contributed by atoms with Crippen molar-refractivity contribution < 1.29 is 4.74 Å². The van der Waals surface area contributed by atoms with Crippen LogP contribution in [0.25, 0.3) is 6.08 Å². The van der Waals surface area contributed by atoms with Crippen LogP contribution in [0.3, 0.4) is 0 Å². The SMILES string of the molecule is CC/C(=C\c1ccc(OC)c2c1CCCC2)CN1CCCCC1. The van der Waals surface area contributed by atoms with E-state index >= 15 is 0 Å². The van der Waals surface area contributed by atoms with Crippen LogP contribution in [0.2, 0.25) is 0 Å². The average molecular weight is 313 g/mol. The molecule has 0 spiro atoms. The van der Waals surface area contributed by atoms with Gasteiger partial charge in [-0.15, -0.1) is 0 Å². The maximum Gasteiger partial charge on any atom is 0.122 e. The predicted molar refractivity (Wildman–Crippen MR) is 98.2 cm³/mol. The number of hydrogen-bond donors (Lipinski definition) is 0. The number of likely N-dealkylation sites (tertiary alicyclic amines) is 1. The molecule has 0 bridgehead atoms. The van der Waals surface area contributed by atoms with Gasteiger partial charge in [-0.1, -0.05) is 31.1 Å². The Morgan fingerprint density at radius 1 is 1.04 bits per heavy atom. The summed E-state index contributed by atoms with van der Waals surface area (Å²) in [4.78, 5) is 2.63. The topological polar surface area (TPSA) is 12.5 Å². The summed E-state index contributed by atoms with van der Waals surface area (Å²) in [6.07, 6.45) is 12.8. The van der Waals surface area contributed by atoms with E-state index in [2.05, 4.69) is 30.0 Å². The molecule has 1 fully saturated rings. The van der Waals surface area contributed by atoms with E-state index in [4.69, 9.17) is 4.74 Å². The van der Waals surface area contributed by atoms with Crippen molar-refractivity contribution in [2.24, 2.45) is 0 Å². The third-order valence-corrected chi connectivity index (χ3v) is 5.44. The van der Waals surface area contributed by atoms with Crippen LogP contribution in [0, 0.1) is 0 Å². The third kappa shape index (κ3) is 3.98. The molecule has 0 radical (unpaired) electrons. The molecule has 0 aromatic heterocycles. The van der Waals surface area contributed by atoms with E-state index in [1.807, 2.05) is 0 Å². The van der Waals surface area contributed by atoms with Crippen LogP contribution < -0.4 is 4.74 Å². The largest absolute Gasteiger partial charge is 0.496 e. The van der Waals surface area contributed by atoms with Gasteiger partial charge in [0.25, 0.3) is 0 Å². The third-order valence-electron chi connectivity index (χ3n) is 5.44. The molecule has 0 unspecified atom stereocenters. The molecule has 3 rings (SSSR count). The highest BCUT2D eigenvalue weighted by atomic mass is 16.5. The molecule has 1 aromatic carbocycles. The first kappa shape index (κ1) is 16.6. The van der Waals surface area contributed by atoms with Crippen LogP contribution in [-0.4, -0.2) is 31.6 Å². The van der Waals surface area contributed by atoms with Gasteiger partial charge in [0, 0.05) is 6.54 Å². The van der Waals surface area contributed by atoms with Crippen molar-refractivity contribution in [3.63, 3.8) is 0 Å². The molecule has 0 N–H and O–H groups in total. The summed E-state index contributed by atoms with van der Waals surface area (Å²) in [5, 5.41) is 0. The monoisotopic (exact) mass is 313 g/mol. The summed E-state index contributed by atoms with van der Waals surface area (Å²) in [6.45, 7) is 6.00. The summed E-state index contributed by atoms with van der Waals surface area (Å²) in [5.74, 6) is 1.09. The molecule has 0 saturated carbocycles. The van der Waals surface area contributed by atoms with Crippen molar-refractivity contribution in [3.05, 3.63) is 34.4 Å². The molecule has 1 aromatic rings. The van der Waals surface area contributed by atoms with Crippen molar-refractivity contribution >= 4 is 6.08 Å². The molecule has 0 amide bonds. The van der Waals surface area contributed by atoms with Gasteiger partial charge in [-0.3, -0.25) is 4.90 Å². The highest BCUT2D eigenvalue weighted by Crippen LogP contribution is 2.33. The predicted octanol–water partition coefficient (Wildman–Crippen LogP) is 4.85. The normalized spacial score (nSPS) is 19.5. The lowest BCUT2D eigenvalue weighted by Crippen LogP contribution is -2.31. The second-order valence-electron chi connectivity index (χ2n) is 7.01. The number of ether oxygens (including phenoxy) is 1. The van der Waals surface area contributed by atoms with Crippen molar-refractivity contribution in [3.8, 4) is 5.75 Å². The van der Waals surface area contributed by atoms with Crippen LogP contribution in [0.4, 0.5) is 0 Å². The minimum absolute atomic E-state index is 1.09. The summed E-state index contributed by atoms with van der Waals surface area (Å²) in [6, 6.07) is 4.44. The Kier molecular flexibility index (Phi) is 5.77. The van der Waals surface area contributed by atoms with Crippen molar-refractivity contribution in [1.82, 2.24) is 4.90 Å². The maximum absolute atomic E-state index is 5.59. The molecule has 0 atom stereocenters. The molecule has 23 heavy (non-hydrogen) atoms. The van der Waals surface area contributed by atoms with Gasteiger partial charge in [0.05, 0.1) is 7.11 Å². The molecule has 2 aliphatic rings. The first-order valence-electron chi connectivity index (χ1n) is 9.42. The van der Waals surface area contributed by atoms with Crippen LogP contribution >= 0.6 is 0 Å². The zero-order chi connectivity index (χ0) is 16.1. The molecule has 1 aliphatic heterocycles. The van der Waals surface area contributed by atoms with Crippen molar-refractivity contribution in [1.29, 1.82) is 0 Å². The van der Waals surface area contributed by atoms with E-state index in [9.17, 15) is 0 Å². The summed E-state index contributed by atoms with van der Waals surface area (Å²) < 4.78 is 5.59. The van der Waals surface area contributed by atoms with Gasteiger partial charge in [0.2, 0.25) is 0 Å². The lowest BCUT2D eigenvalue weighted by molar-refractivity contribution is 0.245. The number of benzene rings is 1. The zero-order valence-corrected chi connectivity index (χ0v) is 14.9. The lowest BCUT2D eigenvalue weighted by atomic mass is 9.86. The van der Waals surface area contributed by atoms with Gasteiger partial charge in [-0.05, 0) is 80.8 Å². The first-order valence-corrected chi connectivity index (χ1v) is 9.42. The lowest BCUT2D eigenvalue weighted by Gasteiger charge is -2.27. The number of fused-ring (bicyclic) bond motifs is 1. The van der Waals surface area contributed by atoms with Crippen LogP contribution in [0.1, 0.15) is 62.1 Å². The zero-order valence-electron chi connectivity index (χ0n) is 14.9. The Bertz CT molecular complexity index is 555. The summed E-state index contributed by atoms with van der Waals surface area (Å²) >= 11 is 0. The Labute approximate surface area is 141 Å². The molecule has 2 heteroatoms. The standard InChI is InChI=1S/C21H31NO/c1-3-17(16-22-13-7-4-8-14-22)15-18-11-12-21(23-2)20-10-6-5-9-19(18)20/h11-12,15H,3-10,13-14,16H2,1-2H3/b17-15+. The van der Waals surface area contributed by atoms with Crippen molar-refractivity contribution in [2.45, 2.75) is 58.3 Å². The summed E-state index contributed by atoms with van der Waals surface area (Å²) in [5.41, 5.74) is 6.01. The quantitative estimate of drug-likeness (QED) is 0.770. The van der Waals surface area contributed by atoms with E-state index in [0.717, 1.165) is 18.7 Å². The second-order valence-corrected chi connectivity index (χ2v) is 7.01. The highest BCUT2D eigenvalue weighted by molar-refractivity contribution is 5.62. The number of rotatable bonds is 5. The minimum Gasteiger partial charge on any atom is -0.496 e. The molecule has 126 valence electrons.